The number of carbonyl (C=O) groups is 3. The van der Waals surface area contributed by atoms with Crippen LogP contribution in [0.3, 0.4) is 0 Å². The highest BCUT2D eigenvalue weighted by atomic mass is 79.9. The number of hydrogen-bond acceptors (Lipinski definition) is 6. The minimum atomic E-state index is -1.13. The van der Waals surface area contributed by atoms with Crippen molar-refractivity contribution in [2.75, 3.05) is 32.1 Å². The number of amides is 3. The normalized spacial score (nSPS) is 32.7. The second-order valence-electron chi connectivity index (χ2n) is 8.43. The molecule has 3 fully saturated rings. The number of nitrogens with one attached hydrogen (secondary N) is 2. The molecule has 32 heavy (non-hydrogen) atoms. The van der Waals surface area contributed by atoms with Crippen molar-refractivity contribution in [1.82, 2.24) is 10.2 Å². The molecule has 6 atom stereocenters. The number of rotatable bonds is 8. The monoisotopic (exact) mass is 509 g/mol. The van der Waals surface area contributed by atoms with Crippen LogP contribution in [-0.2, 0) is 19.1 Å². The minimum Gasteiger partial charge on any atom is -0.497 e. The molecule has 0 saturated carbocycles. The highest BCUT2D eigenvalue weighted by Crippen LogP contribution is 2.60. The molecule has 0 aliphatic carbocycles. The molecule has 1 aromatic rings. The van der Waals surface area contributed by atoms with E-state index in [9.17, 15) is 19.5 Å². The first-order valence-electron chi connectivity index (χ1n) is 10.8. The predicted molar refractivity (Wildman–Crippen MR) is 119 cm³/mol. The van der Waals surface area contributed by atoms with Crippen LogP contribution in [0.2, 0.25) is 0 Å². The summed E-state index contributed by atoms with van der Waals surface area (Å²) < 4.78 is 11.5. The highest BCUT2D eigenvalue weighted by molar-refractivity contribution is 9.09. The smallest absolute Gasteiger partial charge is 0.250 e. The summed E-state index contributed by atoms with van der Waals surface area (Å²) in [5.74, 6) is -1.77. The average molecular weight is 510 g/mol. The molecule has 9 nitrogen and oxygen atoms in total. The number of hydrogen-bond donors (Lipinski definition) is 3. The molecule has 4 rings (SSSR count). The average Bonchev–Trinajstić information content (AvgIpc) is 3.36. The molecule has 1 aromatic carbocycles. The molecule has 0 aromatic heterocycles. The van der Waals surface area contributed by atoms with Crippen molar-refractivity contribution in [3.8, 4) is 5.75 Å². The topological polar surface area (TPSA) is 117 Å². The zero-order valence-electron chi connectivity index (χ0n) is 18.0. The van der Waals surface area contributed by atoms with Gasteiger partial charge in [-0.25, -0.2) is 0 Å². The quantitative estimate of drug-likeness (QED) is 0.448. The zero-order valence-corrected chi connectivity index (χ0v) is 19.6. The van der Waals surface area contributed by atoms with Gasteiger partial charge in [0.1, 0.15) is 17.4 Å². The van der Waals surface area contributed by atoms with E-state index in [4.69, 9.17) is 9.47 Å². The number of aliphatic hydroxyl groups is 1. The number of anilines is 1. The Labute approximate surface area is 194 Å². The number of ether oxygens (including phenoxy) is 2. The fourth-order valence-electron chi connectivity index (χ4n) is 5.33. The lowest BCUT2D eigenvalue weighted by Gasteiger charge is -2.34. The predicted octanol–water partition coefficient (Wildman–Crippen LogP) is 0.900. The Morgan fingerprint density at radius 2 is 2.03 bits per heavy atom. The van der Waals surface area contributed by atoms with Crippen molar-refractivity contribution in [2.45, 2.75) is 42.3 Å². The van der Waals surface area contributed by atoms with E-state index in [2.05, 4.69) is 26.6 Å². The van der Waals surface area contributed by atoms with E-state index >= 15 is 0 Å². The SMILES string of the molecule is CCCNC(=O)[C@H]1[C@@H]2OC3(CC2Br)C(C(=O)Nc2ccc(OC)cc2)N(CCO)C(=O)[C@H]13. The van der Waals surface area contributed by atoms with Gasteiger partial charge < -0.3 is 30.1 Å². The lowest BCUT2D eigenvalue weighted by molar-refractivity contribution is -0.141. The highest BCUT2D eigenvalue weighted by Gasteiger charge is 2.76. The van der Waals surface area contributed by atoms with Gasteiger partial charge in [-0.3, -0.25) is 14.4 Å². The van der Waals surface area contributed by atoms with Crippen LogP contribution >= 0.6 is 15.9 Å². The number of β-amino-alcohol motifs (C(OH)–C–C–N with tert-alkyl or cyclic N) is 1. The summed E-state index contributed by atoms with van der Waals surface area (Å²) in [5, 5.41) is 15.3. The molecule has 3 amide bonds. The van der Waals surface area contributed by atoms with Gasteiger partial charge in [0, 0.05) is 23.6 Å². The first kappa shape index (κ1) is 23.0. The molecule has 10 heteroatoms. The van der Waals surface area contributed by atoms with Gasteiger partial charge in [-0.1, -0.05) is 22.9 Å². The lowest BCUT2D eigenvalue weighted by atomic mass is 9.70. The van der Waals surface area contributed by atoms with Gasteiger partial charge in [0.25, 0.3) is 0 Å². The second-order valence-corrected chi connectivity index (χ2v) is 9.60. The number of fused-ring (bicyclic) bond motifs is 1. The van der Waals surface area contributed by atoms with Crippen LogP contribution in [0, 0.1) is 11.8 Å². The third-order valence-corrected chi connectivity index (χ3v) is 7.43. The zero-order chi connectivity index (χ0) is 23.0. The number of methoxy groups -OCH3 is 1. The maximum Gasteiger partial charge on any atom is 0.250 e. The van der Waals surface area contributed by atoms with E-state index in [0.29, 0.717) is 24.4 Å². The standard InChI is InChI=1S/C22H28BrN3O6/c1-3-8-24-19(28)15-16-21(30)26(9-10-27)18(22(16)11-14(23)17(15)32-22)20(29)25-12-4-6-13(31-2)7-5-12/h4-7,14-18,27H,3,8-11H2,1-2H3,(H,24,28)(H,25,29)/t14?,15-,16+,17-,18?,22?/m1/s1. The van der Waals surface area contributed by atoms with Gasteiger partial charge in [0.05, 0.1) is 31.7 Å². The van der Waals surface area contributed by atoms with Crippen LogP contribution < -0.4 is 15.4 Å². The van der Waals surface area contributed by atoms with E-state index < -0.39 is 35.5 Å². The maximum atomic E-state index is 13.5. The fourth-order valence-corrected chi connectivity index (χ4v) is 6.27. The molecule has 3 N–H and O–H groups in total. The van der Waals surface area contributed by atoms with E-state index in [1.807, 2.05) is 6.92 Å². The fraction of sp³-hybridized carbons (Fsp3) is 0.591. The summed E-state index contributed by atoms with van der Waals surface area (Å²) in [6.07, 6.45) is 0.705. The molecule has 1 spiro atoms. The van der Waals surface area contributed by atoms with Gasteiger partial charge in [-0.2, -0.15) is 0 Å². The maximum absolute atomic E-state index is 13.5. The Morgan fingerprint density at radius 1 is 1.31 bits per heavy atom. The molecule has 3 unspecified atom stereocenters. The third-order valence-electron chi connectivity index (χ3n) is 6.59. The van der Waals surface area contributed by atoms with Gasteiger partial charge >= 0.3 is 0 Å². The first-order chi connectivity index (χ1) is 15.4. The van der Waals surface area contributed by atoms with E-state index in [-0.39, 0.29) is 29.8 Å². The Hall–Kier alpha value is -2.17. The Bertz CT molecular complexity index is 896. The van der Waals surface area contributed by atoms with Gasteiger partial charge in [-0.05, 0) is 37.1 Å². The van der Waals surface area contributed by atoms with Crippen LogP contribution in [0.4, 0.5) is 5.69 Å². The lowest BCUT2D eigenvalue weighted by Crippen LogP contribution is -2.54. The number of benzene rings is 1. The molecule has 0 radical (unpaired) electrons. The van der Waals surface area contributed by atoms with Crippen LogP contribution in [-0.4, -0.2) is 77.1 Å². The minimum absolute atomic E-state index is 0.0118. The summed E-state index contributed by atoms with van der Waals surface area (Å²) in [5.41, 5.74) is -0.581. The Morgan fingerprint density at radius 3 is 2.66 bits per heavy atom. The van der Waals surface area contributed by atoms with Crippen LogP contribution in [0.15, 0.2) is 24.3 Å². The number of nitrogens with zero attached hydrogens (tertiary/aromatic N) is 1. The molecule has 3 aliphatic heterocycles. The Kier molecular flexibility index (Phi) is 6.46. The summed E-state index contributed by atoms with van der Waals surface area (Å²) in [6.45, 7) is 2.15. The molecule has 2 bridgehead atoms. The van der Waals surface area contributed by atoms with Gasteiger partial charge in [0.15, 0.2) is 0 Å². The van der Waals surface area contributed by atoms with Crippen molar-refractivity contribution in [1.29, 1.82) is 0 Å². The number of likely N-dealkylation sites (tertiary alicyclic amines) is 1. The summed E-state index contributed by atoms with van der Waals surface area (Å²) >= 11 is 3.61. The second kappa shape index (κ2) is 8.99. The summed E-state index contributed by atoms with van der Waals surface area (Å²) in [6, 6.07) is 5.91. The number of alkyl halides is 1. The summed E-state index contributed by atoms with van der Waals surface area (Å²) in [4.78, 5) is 41.1. The van der Waals surface area contributed by atoms with Crippen molar-refractivity contribution in [2.24, 2.45) is 11.8 Å². The van der Waals surface area contributed by atoms with Crippen molar-refractivity contribution in [3.63, 3.8) is 0 Å². The number of aliphatic hydroxyl groups excluding tert-OH is 1. The molecule has 3 heterocycles. The van der Waals surface area contributed by atoms with Crippen molar-refractivity contribution >= 4 is 39.3 Å². The third kappa shape index (κ3) is 3.58. The van der Waals surface area contributed by atoms with E-state index in [1.54, 1.807) is 31.4 Å². The molecule has 3 aliphatic rings. The molecular formula is C22H28BrN3O6. The van der Waals surface area contributed by atoms with Crippen LogP contribution in [0.25, 0.3) is 0 Å². The van der Waals surface area contributed by atoms with Gasteiger partial charge in [0.2, 0.25) is 17.7 Å². The molecule has 174 valence electrons. The molecule has 3 saturated heterocycles. The number of carbonyl (C=O) groups excluding carboxylic acids is 3. The van der Waals surface area contributed by atoms with E-state index in [1.165, 1.54) is 4.90 Å². The molecular weight excluding hydrogens is 482 g/mol. The van der Waals surface area contributed by atoms with Gasteiger partial charge in [-0.15, -0.1) is 0 Å². The first-order valence-corrected chi connectivity index (χ1v) is 11.7. The number of halogens is 1. The Balaban J connectivity index is 1.66. The van der Waals surface area contributed by atoms with Crippen molar-refractivity contribution in [3.05, 3.63) is 24.3 Å². The van der Waals surface area contributed by atoms with Crippen LogP contribution in [0.1, 0.15) is 19.8 Å². The summed E-state index contributed by atoms with van der Waals surface area (Å²) in [7, 11) is 1.56. The van der Waals surface area contributed by atoms with E-state index in [0.717, 1.165) is 6.42 Å². The van der Waals surface area contributed by atoms with Crippen LogP contribution in [0.5, 0.6) is 5.75 Å². The largest absolute Gasteiger partial charge is 0.497 e. The van der Waals surface area contributed by atoms with Crippen molar-refractivity contribution < 1.29 is 29.0 Å².